The number of morpholine rings is 1. The summed E-state index contributed by atoms with van der Waals surface area (Å²) in [5, 5.41) is 3.56. The molecule has 0 bridgehead atoms. The third kappa shape index (κ3) is 4.72. The first kappa shape index (κ1) is 19.4. The van der Waals surface area contributed by atoms with Crippen molar-refractivity contribution in [3.05, 3.63) is 77.1 Å². The van der Waals surface area contributed by atoms with Crippen molar-refractivity contribution < 1.29 is 9.53 Å². The van der Waals surface area contributed by atoms with E-state index < -0.39 is 0 Å². The molecule has 6 nitrogen and oxygen atoms in total. The van der Waals surface area contributed by atoms with Gasteiger partial charge in [0.15, 0.2) is 0 Å². The van der Waals surface area contributed by atoms with Crippen molar-refractivity contribution in [2.24, 2.45) is 0 Å². The lowest BCUT2D eigenvalue weighted by Crippen LogP contribution is -2.36. The van der Waals surface area contributed by atoms with Gasteiger partial charge in [-0.1, -0.05) is 41.9 Å². The first-order valence-electron chi connectivity index (χ1n) is 9.47. The van der Waals surface area contributed by atoms with Gasteiger partial charge >= 0.3 is 0 Å². The highest BCUT2D eigenvalue weighted by Crippen LogP contribution is 2.22. The zero-order chi connectivity index (χ0) is 20.1. The molecule has 1 fully saturated rings. The van der Waals surface area contributed by atoms with Crippen LogP contribution >= 0.6 is 11.6 Å². The SMILES string of the molecule is O=C(NCc1ccccc1Cl)c1cccc(-c2cc(N3CCOCC3)ncn2)c1. The molecule has 0 aliphatic carbocycles. The molecule has 2 heterocycles. The first-order valence-corrected chi connectivity index (χ1v) is 9.85. The molecule has 1 saturated heterocycles. The number of rotatable bonds is 5. The van der Waals surface area contributed by atoms with Crippen molar-refractivity contribution in [2.45, 2.75) is 6.54 Å². The first-order chi connectivity index (χ1) is 14.2. The Morgan fingerprint density at radius 2 is 1.90 bits per heavy atom. The third-order valence-corrected chi connectivity index (χ3v) is 5.17. The average Bonchev–Trinajstić information content (AvgIpc) is 2.79. The highest BCUT2D eigenvalue weighted by molar-refractivity contribution is 6.31. The van der Waals surface area contributed by atoms with Crippen LogP contribution < -0.4 is 10.2 Å². The summed E-state index contributed by atoms with van der Waals surface area (Å²) in [5.74, 6) is 0.709. The topological polar surface area (TPSA) is 67.4 Å². The number of carbonyl (C=O) groups is 1. The minimum Gasteiger partial charge on any atom is -0.378 e. The second-order valence-electron chi connectivity index (χ2n) is 6.72. The number of benzene rings is 2. The summed E-state index contributed by atoms with van der Waals surface area (Å²) in [5.41, 5.74) is 3.10. The minimum atomic E-state index is -0.158. The number of nitrogens with one attached hydrogen (secondary N) is 1. The maximum absolute atomic E-state index is 12.6. The van der Waals surface area contributed by atoms with E-state index >= 15 is 0 Å². The lowest BCUT2D eigenvalue weighted by Gasteiger charge is -2.27. The molecular weight excluding hydrogens is 388 g/mol. The number of halogens is 1. The van der Waals surface area contributed by atoms with Crippen LogP contribution in [0.2, 0.25) is 5.02 Å². The Bertz CT molecular complexity index is 1010. The van der Waals surface area contributed by atoms with Crippen LogP contribution in [-0.2, 0) is 11.3 Å². The minimum absolute atomic E-state index is 0.158. The van der Waals surface area contributed by atoms with Gasteiger partial charge in [-0.25, -0.2) is 9.97 Å². The zero-order valence-electron chi connectivity index (χ0n) is 15.8. The number of aromatic nitrogens is 2. The maximum Gasteiger partial charge on any atom is 0.251 e. The van der Waals surface area contributed by atoms with Gasteiger partial charge in [-0.05, 0) is 23.8 Å². The molecule has 4 rings (SSSR count). The molecule has 1 N–H and O–H groups in total. The van der Waals surface area contributed by atoms with Crippen molar-refractivity contribution in [2.75, 3.05) is 31.2 Å². The van der Waals surface area contributed by atoms with Gasteiger partial charge in [-0.15, -0.1) is 0 Å². The summed E-state index contributed by atoms with van der Waals surface area (Å²) in [4.78, 5) is 23.6. The highest BCUT2D eigenvalue weighted by Gasteiger charge is 2.14. The van der Waals surface area contributed by atoms with E-state index in [4.69, 9.17) is 16.3 Å². The number of ether oxygens (including phenoxy) is 1. The summed E-state index contributed by atoms with van der Waals surface area (Å²) >= 11 is 6.16. The molecule has 29 heavy (non-hydrogen) atoms. The molecule has 1 aromatic heterocycles. The predicted octanol–water partition coefficient (Wildman–Crippen LogP) is 3.56. The summed E-state index contributed by atoms with van der Waals surface area (Å²) in [6, 6.07) is 16.8. The number of nitrogens with zero attached hydrogens (tertiary/aromatic N) is 3. The third-order valence-electron chi connectivity index (χ3n) is 4.81. The quantitative estimate of drug-likeness (QED) is 0.699. The average molecular weight is 409 g/mol. The van der Waals surface area contributed by atoms with Crippen LogP contribution in [0.25, 0.3) is 11.3 Å². The van der Waals surface area contributed by atoms with Crippen LogP contribution in [-0.4, -0.2) is 42.2 Å². The summed E-state index contributed by atoms with van der Waals surface area (Å²) < 4.78 is 5.40. The van der Waals surface area contributed by atoms with E-state index in [0.29, 0.717) is 30.3 Å². The Balaban J connectivity index is 1.50. The lowest BCUT2D eigenvalue weighted by atomic mass is 10.1. The number of hydrogen-bond acceptors (Lipinski definition) is 5. The van der Waals surface area contributed by atoms with E-state index in [0.717, 1.165) is 35.7 Å². The maximum atomic E-state index is 12.6. The second-order valence-corrected chi connectivity index (χ2v) is 7.12. The van der Waals surface area contributed by atoms with Gasteiger partial charge in [-0.3, -0.25) is 4.79 Å². The Labute approximate surface area is 174 Å². The van der Waals surface area contributed by atoms with Gasteiger partial charge in [0.25, 0.3) is 5.91 Å². The van der Waals surface area contributed by atoms with E-state index in [-0.39, 0.29) is 5.91 Å². The lowest BCUT2D eigenvalue weighted by molar-refractivity contribution is 0.0951. The van der Waals surface area contributed by atoms with E-state index in [1.165, 1.54) is 0 Å². The van der Waals surface area contributed by atoms with Crippen LogP contribution in [0.15, 0.2) is 60.9 Å². The summed E-state index contributed by atoms with van der Waals surface area (Å²) in [6.07, 6.45) is 1.56. The molecule has 1 amide bonds. The molecule has 1 aliphatic rings. The molecule has 0 radical (unpaired) electrons. The van der Waals surface area contributed by atoms with Gasteiger partial charge < -0.3 is 15.0 Å². The van der Waals surface area contributed by atoms with Crippen molar-refractivity contribution in [1.82, 2.24) is 15.3 Å². The normalized spacial score (nSPS) is 13.9. The molecule has 7 heteroatoms. The molecule has 0 saturated carbocycles. The number of carbonyl (C=O) groups excluding carboxylic acids is 1. The number of amides is 1. The van der Waals surface area contributed by atoms with Gasteiger partial charge in [0.2, 0.25) is 0 Å². The number of hydrogen-bond donors (Lipinski definition) is 1. The van der Waals surface area contributed by atoms with E-state index in [1.807, 2.05) is 48.5 Å². The van der Waals surface area contributed by atoms with Crippen molar-refractivity contribution in [1.29, 1.82) is 0 Å². The molecule has 0 atom stereocenters. The van der Waals surface area contributed by atoms with Gasteiger partial charge in [0, 0.05) is 41.9 Å². The van der Waals surface area contributed by atoms with Crippen LogP contribution in [0.4, 0.5) is 5.82 Å². The Morgan fingerprint density at radius 3 is 2.72 bits per heavy atom. The summed E-state index contributed by atoms with van der Waals surface area (Å²) in [7, 11) is 0. The fraction of sp³-hybridized carbons (Fsp3) is 0.227. The standard InChI is InChI=1S/C22H21ClN4O2/c23-19-7-2-1-4-18(19)14-24-22(28)17-6-3-5-16(12-17)20-13-21(26-15-25-20)27-8-10-29-11-9-27/h1-7,12-13,15H,8-11,14H2,(H,24,28). The molecule has 3 aromatic rings. The van der Waals surface area contributed by atoms with E-state index in [9.17, 15) is 4.79 Å². The largest absolute Gasteiger partial charge is 0.378 e. The van der Waals surface area contributed by atoms with Crippen LogP contribution in [0, 0.1) is 0 Å². The fourth-order valence-corrected chi connectivity index (χ4v) is 3.41. The summed E-state index contributed by atoms with van der Waals surface area (Å²) in [6.45, 7) is 3.38. The van der Waals surface area contributed by atoms with E-state index in [1.54, 1.807) is 12.4 Å². The Kier molecular flexibility index (Phi) is 6.03. The van der Waals surface area contributed by atoms with Gasteiger partial charge in [0.1, 0.15) is 12.1 Å². The smallest absolute Gasteiger partial charge is 0.251 e. The second kappa shape index (κ2) is 9.03. The molecule has 148 valence electrons. The Morgan fingerprint density at radius 1 is 1.07 bits per heavy atom. The monoisotopic (exact) mass is 408 g/mol. The van der Waals surface area contributed by atoms with Crippen molar-refractivity contribution in [3.8, 4) is 11.3 Å². The molecule has 2 aromatic carbocycles. The predicted molar refractivity (Wildman–Crippen MR) is 113 cm³/mol. The zero-order valence-corrected chi connectivity index (χ0v) is 16.6. The Hall–Kier alpha value is -2.96. The van der Waals surface area contributed by atoms with Gasteiger partial charge in [-0.2, -0.15) is 0 Å². The number of anilines is 1. The van der Waals surface area contributed by atoms with Crippen molar-refractivity contribution in [3.63, 3.8) is 0 Å². The van der Waals surface area contributed by atoms with Crippen LogP contribution in [0.1, 0.15) is 15.9 Å². The fourth-order valence-electron chi connectivity index (χ4n) is 3.21. The molecular formula is C22H21ClN4O2. The van der Waals surface area contributed by atoms with Crippen molar-refractivity contribution >= 4 is 23.3 Å². The molecule has 0 unspecified atom stereocenters. The van der Waals surface area contributed by atoms with Crippen LogP contribution in [0.5, 0.6) is 0 Å². The highest BCUT2D eigenvalue weighted by atomic mass is 35.5. The van der Waals surface area contributed by atoms with E-state index in [2.05, 4.69) is 20.2 Å². The molecule has 1 aliphatic heterocycles. The molecule has 0 spiro atoms. The van der Waals surface area contributed by atoms with Crippen LogP contribution in [0.3, 0.4) is 0 Å². The van der Waals surface area contributed by atoms with Gasteiger partial charge in [0.05, 0.1) is 18.9 Å².